The fourth-order valence-corrected chi connectivity index (χ4v) is 5.03. The number of hydrogen-bond acceptors (Lipinski definition) is 5. The van der Waals surface area contributed by atoms with Crippen molar-refractivity contribution in [3.63, 3.8) is 0 Å². The predicted molar refractivity (Wildman–Crippen MR) is 196 cm³/mol. The van der Waals surface area contributed by atoms with Gasteiger partial charge < -0.3 is 14.2 Å². The van der Waals surface area contributed by atoms with Gasteiger partial charge in [0.1, 0.15) is 6.61 Å². The van der Waals surface area contributed by atoms with Crippen molar-refractivity contribution in [3.8, 4) is 0 Å². The third kappa shape index (κ3) is 34.7. The van der Waals surface area contributed by atoms with E-state index in [1.165, 1.54) is 57.8 Å². The molecule has 0 spiro atoms. The van der Waals surface area contributed by atoms with Gasteiger partial charge in [-0.25, -0.2) is 0 Å². The fraction of sp³-hybridized carbons (Fsp3) is 0.756. The summed E-state index contributed by atoms with van der Waals surface area (Å²) in [4.78, 5) is 24.8. The van der Waals surface area contributed by atoms with Gasteiger partial charge in [0.05, 0.1) is 6.61 Å². The number of carbonyl (C=O) groups is 2. The molecule has 0 amide bonds. The number of esters is 2. The number of rotatable bonds is 34. The lowest BCUT2D eigenvalue weighted by molar-refractivity contribution is -0.163. The van der Waals surface area contributed by atoms with Gasteiger partial charge in [-0.1, -0.05) is 153 Å². The van der Waals surface area contributed by atoms with Crippen molar-refractivity contribution >= 4 is 11.9 Å². The van der Waals surface area contributed by atoms with Gasteiger partial charge in [0.15, 0.2) is 6.10 Å². The lowest BCUT2D eigenvalue weighted by atomic mass is 10.1. The van der Waals surface area contributed by atoms with Crippen LogP contribution in [0.3, 0.4) is 0 Å². The summed E-state index contributed by atoms with van der Waals surface area (Å²) >= 11 is 0. The molecule has 0 aromatic rings. The molecule has 5 heteroatoms. The highest BCUT2D eigenvalue weighted by Crippen LogP contribution is 2.12. The average Bonchev–Trinajstić information content (AvgIpc) is 3.05. The van der Waals surface area contributed by atoms with Gasteiger partial charge in [-0.15, -0.1) is 0 Å². The Kier molecular flexibility index (Phi) is 35.6. The van der Waals surface area contributed by atoms with E-state index in [1.807, 2.05) is 0 Å². The summed E-state index contributed by atoms with van der Waals surface area (Å²) in [5, 5.41) is 0. The van der Waals surface area contributed by atoms with Crippen molar-refractivity contribution in [2.24, 2.45) is 0 Å². The Labute approximate surface area is 284 Å². The van der Waals surface area contributed by atoms with Crippen molar-refractivity contribution in [3.05, 3.63) is 48.6 Å². The van der Waals surface area contributed by atoms with E-state index in [0.717, 1.165) is 83.5 Å². The topological polar surface area (TPSA) is 61.8 Å². The highest BCUT2D eigenvalue weighted by molar-refractivity contribution is 5.70. The van der Waals surface area contributed by atoms with E-state index < -0.39 is 6.10 Å². The van der Waals surface area contributed by atoms with Gasteiger partial charge in [0.25, 0.3) is 0 Å². The minimum absolute atomic E-state index is 0.0733. The molecule has 0 heterocycles. The first kappa shape index (κ1) is 43.9. The van der Waals surface area contributed by atoms with E-state index in [0.29, 0.717) is 19.4 Å². The number of hydrogen-bond donors (Lipinski definition) is 0. The Morgan fingerprint density at radius 3 is 1.54 bits per heavy atom. The second-order valence-corrected chi connectivity index (χ2v) is 12.5. The Hall–Kier alpha value is -2.14. The third-order valence-electron chi connectivity index (χ3n) is 7.88. The number of carbonyl (C=O) groups excluding carboxylic acids is 2. The molecule has 0 rings (SSSR count). The van der Waals surface area contributed by atoms with Gasteiger partial charge in [-0.2, -0.15) is 0 Å². The molecule has 0 aliphatic heterocycles. The van der Waals surface area contributed by atoms with Crippen LogP contribution in [0.5, 0.6) is 0 Å². The first-order valence-corrected chi connectivity index (χ1v) is 19.2. The highest BCUT2D eigenvalue weighted by atomic mass is 16.6. The lowest BCUT2D eigenvalue weighted by Crippen LogP contribution is -2.30. The van der Waals surface area contributed by atoms with Crippen molar-refractivity contribution in [2.75, 3.05) is 19.8 Å². The van der Waals surface area contributed by atoms with E-state index in [9.17, 15) is 9.59 Å². The van der Waals surface area contributed by atoms with Crippen molar-refractivity contribution in [1.29, 1.82) is 0 Å². The number of allylic oxidation sites excluding steroid dienone is 8. The summed E-state index contributed by atoms with van der Waals surface area (Å²) in [6.07, 6.45) is 42.7. The van der Waals surface area contributed by atoms with E-state index >= 15 is 0 Å². The summed E-state index contributed by atoms with van der Waals surface area (Å²) in [6.45, 7) is 7.55. The molecular weight excluding hydrogens is 572 g/mol. The molecule has 0 saturated heterocycles. The molecule has 0 aromatic carbocycles. The van der Waals surface area contributed by atoms with Gasteiger partial charge in [0, 0.05) is 19.4 Å². The van der Waals surface area contributed by atoms with Crippen LogP contribution >= 0.6 is 0 Å². The standard InChI is InChI=1S/C41H72O5/c1-4-7-10-13-16-17-18-19-20-21-22-23-24-27-30-33-36-44-37-39(46-41(43)35-32-29-26-15-12-9-6-3)38-45-40(42)34-31-28-25-14-11-8-5-2/h7,10,16-17,19-20,22-23,39H,4-6,8-9,11-15,18,21,24-38H2,1-3H3/b10-7-,17-16-,20-19-,23-22-. The molecule has 46 heavy (non-hydrogen) atoms. The number of ether oxygens (including phenoxy) is 3. The summed E-state index contributed by atoms with van der Waals surface area (Å²) < 4.78 is 17.1. The molecule has 0 saturated carbocycles. The van der Waals surface area contributed by atoms with Crippen molar-refractivity contribution < 1.29 is 23.8 Å². The van der Waals surface area contributed by atoms with Gasteiger partial charge in [0.2, 0.25) is 0 Å². The quantitative estimate of drug-likeness (QED) is 0.0396. The van der Waals surface area contributed by atoms with Gasteiger partial charge >= 0.3 is 11.9 Å². The monoisotopic (exact) mass is 645 g/mol. The van der Waals surface area contributed by atoms with Crippen LogP contribution in [-0.2, 0) is 23.8 Å². The van der Waals surface area contributed by atoms with Crippen LogP contribution in [0.15, 0.2) is 48.6 Å². The molecule has 266 valence electrons. The first-order valence-electron chi connectivity index (χ1n) is 19.2. The molecule has 0 aliphatic carbocycles. The Morgan fingerprint density at radius 1 is 0.500 bits per heavy atom. The summed E-state index contributed by atoms with van der Waals surface area (Å²) in [7, 11) is 0. The molecule has 1 unspecified atom stereocenters. The molecule has 0 radical (unpaired) electrons. The second-order valence-electron chi connectivity index (χ2n) is 12.5. The molecule has 0 bridgehead atoms. The maximum atomic E-state index is 12.5. The summed E-state index contributed by atoms with van der Waals surface area (Å²) in [6, 6.07) is 0. The number of unbranched alkanes of at least 4 members (excludes halogenated alkanes) is 15. The maximum Gasteiger partial charge on any atom is 0.306 e. The largest absolute Gasteiger partial charge is 0.462 e. The first-order chi connectivity index (χ1) is 22.6. The zero-order chi connectivity index (χ0) is 33.6. The smallest absolute Gasteiger partial charge is 0.306 e. The predicted octanol–water partition coefficient (Wildman–Crippen LogP) is 12.1. The normalized spacial score (nSPS) is 12.7. The Morgan fingerprint density at radius 2 is 0.978 bits per heavy atom. The van der Waals surface area contributed by atoms with Gasteiger partial charge in [-0.3, -0.25) is 9.59 Å². The average molecular weight is 645 g/mol. The molecular formula is C41H72O5. The summed E-state index contributed by atoms with van der Waals surface area (Å²) in [5.41, 5.74) is 0. The molecule has 5 nitrogen and oxygen atoms in total. The van der Waals surface area contributed by atoms with Crippen LogP contribution in [0.25, 0.3) is 0 Å². The Balaban J connectivity index is 4.22. The van der Waals surface area contributed by atoms with Crippen molar-refractivity contribution in [1.82, 2.24) is 0 Å². The van der Waals surface area contributed by atoms with E-state index in [4.69, 9.17) is 14.2 Å². The van der Waals surface area contributed by atoms with Crippen molar-refractivity contribution in [2.45, 2.75) is 181 Å². The molecule has 0 aromatic heterocycles. The van der Waals surface area contributed by atoms with Crippen LogP contribution in [0.4, 0.5) is 0 Å². The van der Waals surface area contributed by atoms with E-state index in [2.05, 4.69) is 69.4 Å². The lowest BCUT2D eigenvalue weighted by Gasteiger charge is -2.18. The maximum absolute atomic E-state index is 12.5. The summed E-state index contributed by atoms with van der Waals surface area (Å²) in [5.74, 6) is -0.430. The second kappa shape index (κ2) is 37.3. The molecule has 0 N–H and O–H groups in total. The van der Waals surface area contributed by atoms with Gasteiger partial charge in [-0.05, 0) is 57.8 Å². The molecule has 1 atom stereocenters. The molecule has 0 aliphatic rings. The third-order valence-corrected chi connectivity index (χ3v) is 7.88. The van der Waals surface area contributed by atoms with Crippen LogP contribution in [0, 0.1) is 0 Å². The zero-order valence-electron chi connectivity index (χ0n) is 30.3. The van der Waals surface area contributed by atoms with Crippen LogP contribution < -0.4 is 0 Å². The highest BCUT2D eigenvalue weighted by Gasteiger charge is 2.17. The van der Waals surface area contributed by atoms with Crippen LogP contribution in [0.2, 0.25) is 0 Å². The SMILES string of the molecule is CC/C=C\C/C=C\C/C=C\C/C=C\CCCCCOCC(COC(=O)CCCCCCCCC)OC(=O)CCCCCCCCC. The Bertz CT molecular complexity index is 782. The molecule has 0 fully saturated rings. The van der Waals surface area contributed by atoms with Crippen LogP contribution in [0.1, 0.15) is 175 Å². The minimum Gasteiger partial charge on any atom is -0.462 e. The van der Waals surface area contributed by atoms with Crippen LogP contribution in [-0.4, -0.2) is 37.9 Å². The van der Waals surface area contributed by atoms with E-state index in [-0.39, 0.29) is 25.2 Å². The van der Waals surface area contributed by atoms with E-state index in [1.54, 1.807) is 0 Å². The zero-order valence-corrected chi connectivity index (χ0v) is 30.3. The fourth-order valence-electron chi connectivity index (χ4n) is 5.03. The minimum atomic E-state index is -0.542.